The number of hydrogen-bond acceptors (Lipinski definition) is 4. The van der Waals surface area contributed by atoms with Gasteiger partial charge in [0.1, 0.15) is 18.1 Å². The van der Waals surface area contributed by atoms with E-state index in [-0.39, 0.29) is 0 Å². The molecule has 1 fully saturated rings. The van der Waals surface area contributed by atoms with Crippen molar-refractivity contribution in [2.24, 2.45) is 0 Å². The highest BCUT2D eigenvalue weighted by molar-refractivity contribution is 5.91. The van der Waals surface area contributed by atoms with Gasteiger partial charge in [0.05, 0.1) is 0 Å². The summed E-state index contributed by atoms with van der Waals surface area (Å²) in [6.07, 6.45) is 3.18. The molecule has 32 heavy (non-hydrogen) atoms. The molecule has 0 aliphatic carbocycles. The Kier molecular flexibility index (Phi) is 6.04. The maximum Gasteiger partial charge on any atom is 0.298 e. The minimum atomic E-state index is 0.504. The third-order valence-corrected chi connectivity index (χ3v) is 6.39. The minimum Gasteiger partial charge on any atom is -0.492 e. The van der Waals surface area contributed by atoms with Gasteiger partial charge >= 0.3 is 0 Å². The lowest BCUT2D eigenvalue weighted by molar-refractivity contribution is -0.120. The SMILES string of the molecule is O=COc1ccc2ccccc2c1Cc1c(OCCN2CCCC2)ccc2ccccc12. The minimum absolute atomic E-state index is 0.504. The van der Waals surface area contributed by atoms with Crippen molar-refractivity contribution >= 4 is 28.0 Å². The van der Waals surface area contributed by atoms with E-state index in [4.69, 9.17) is 9.47 Å². The molecule has 0 amide bonds. The second kappa shape index (κ2) is 9.41. The fraction of sp³-hybridized carbons (Fsp3) is 0.250. The molecular weight excluding hydrogens is 398 g/mol. The molecule has 1 heterocycles. The summed E-state index contributed by atoms with van der Waals surface area (Å²) in [5.41, 5.74) is 2.12. The zero-order valence-corrected chi connectivity index (χ0v) is 18.1. The van der Waals surface area contributed by atoms with Crippen LogP contribution in [0.2, 0.25) is 0 Å². The second-order valence-electron chi connectivity index (χ2n) is 8.31. The van der Waals surface area contributed by atoms with Gasteiger partial charge in [0.25, 0.3) is 6.47 Å². The van der Waals surface area contributed by atoms with Gasteiger partial charge in [-0.05, 0) is 59.6 Å². The van der Waals surface area contributed by atoms with Crippen molar-refractivity contribution in [2.75, 3.05) is 26.2 Å². The number of likely N-dealkylation sites (tertiary alicyclic amines) is 1. The number of fused-ring (bicyclic) bond motifs is 2. The molecule has 0 saturated carbocycles. The molecule has 4 aromatic carbocycles. The summed E-state index contributed by atoms with van der Waals surface area (Å²) in [5.74, 6) is 1.49. The van der Waals surface area contributed by atoms with Gasteiger partial charge in [-0.2, -0.15) is 0 Å². The van der Waals surface area contributed by atoms with Crippen molar-refractivity contribution in [3.8, 4) is 11.5 Å². The number of rotatable bonds is 8. The first-order chi connectivity index (χ1) is 15.8. The first-order valence-corrected chi connectivity index (χ1v) is 11.3. The van der Waals surface area contributed by atoms with Gasteiger partial charge in [-0.3, -0.25) is 9.69 Å². The maximum absolute atomic E-state index is 11.2. The van der Waals surface area contributed by atoms with Gasteiger partial charge in [0, 0.05) is 24.1 Å². The number of nitrogens with zero attached hydrogens (tertiary/aromatic N) is 1. The van der Waals surface area contributed by atoms with Crippen molar-refractivity contribution in [1.82, 2.24) is 4.90 Å². The van der Waals surface area contributed by atoms with Crippen LogP contribution in [-0.2, 0) is 11.2 Å². The summed E-state index contributed by atoms with van der Waals surface area (Å²) in [5, 5.41) is 4.55. The molecule has 4 aromatic rings. The number of hydrogen-bond donors (Lipinski definition) is 0. The summed E-state index contributed by atoms with van der Waals surface area (Å²) < 4.78 is 11.7. The normalized spacial score (nSPS) is 14.1. The monoisotopic (exact) mass is 425 g/mol. The predicted molar refractivity (Wildman–Crippen MR) is 129 cm³/mol. The van der Waals surface area contributed by atoms with Gasteiger partial charge in [-0.1, -0.05) is 60.7 Å². The molecule has 5 rings (SSSR count). The average Bonchev–Trinajstić information content (AvgIpc) is 3.35. The molecule has 0 bridgehead atoms. The molecule has 0 spiro atoms. The fourth-order valence-electron chi connectivity index (χ4n) is 4.76. The van der Waals surface area contributed by atoms with E-state index in [2.05, 4.69) is 53.4 Å². The van der Waals surface area contributed by atoms with Crippen molar-refractivity contribution in [3.05, 3.63) is 83.9 Å². The van der Waals surface area contributed by atoms with Crippen molar-refractivity contribution in [3.63, 3.8) is 0 Å². The smallest absolute Gasteiger partial charge is 0.298 e. The van der Waals surface area contributed by atoms with Crippen LogP contribution in [0.4, 0.5) is 0 Å². The van der Waals surface area contributed by atoms with Crippen LogP contribution in [0, 0.1) is 0 Å². The Morgan fingerprint density at radius 3 is 2.00 bits per heavy atom. The fourth-order valence-corrected chi connectivity index (χ4v) is 4.76. The average molecular weight is 426 g/mol. The van der Waals surface area contributed by atoms with Gasteiger partial charge < -0.3 is 9.47 Å². The summed E-state index contributed by atoms with van der Waals surface area (Å²) in [4.78, 5) is 13.7. The predicted octanol–water partition coefficient (Wildman–Crippen LogP) is 5.59. The summed E-state index contributed by atoms with van der Waals surface area (Å²) in [7, 11) is 0. The van der Waals surface area contributed by atoms with E-state index in [1.807, 2.05) is 24.3 Å². The lowest BCUT2D eigenvalue weighted by Crippen LogP contribution is -2.25. The van der Waals surface area contributed by atoms with Crippen LogP contribution in [-0.4, -0.2) is 37.6 Å². The zero-order chi connectivity index (χ0) is 21.8. The molecule has 0 atom stereocenters. The van der Waals surface area contributed by atoms with E-state index in [1.165, 1.54) is 18.2 Å². The molecule has 0 N–H and O–H groups in total. The Morgan fingerprint density at radius 1 is 0.750 bits per heavy atom. The van der Waals surface area contributed by atoms with Crippen molar-refractivity contribution < 1.29 is 14.3 Å². The third kappa shape index (κ3) is 4.19. The number of carbonyl (C=O) groups is 1. The molecule has 4 heteroatoms. The quantitative estimate of drug-likeness (QED) is 0.345. The van der Waals surface area contributed by atoms with Crippen LogP contribution >= 0.6 is 0 Å². The Bertz CT molecular complexity index is 1240. The standard InChI is InChI=1S/C28H27NO3/c30-20-32-28-14-12-22-8-2-4-10-24(22)26(28)19-25-23-9-3-1-7-21(23)11-13-27(25)31-18-17-29-15-5-6-16-29/h1-4,7-14,20H,5-6,15-19H2. The van der Waals surface area contributed by atoms with Crippen LogP contribution in [0.3, 0.4) is 0 Å². The zero-order valence-electron chi connectivity index (χ0n) is 18.1. The molecule has 162 valence electrons. The lowest BCUT2D eigenvalue weighted by Gasteiger charge is -2.19. The highest BCUT2D eigenvalue weighted by Gasteiger charge is 2.17. The number of ether oxygens (including phenoxy) is 2. The van der Waals surface area contributed by atoms with Crippen LogP contribution in [0.25, 0.3) is 21.5 Å². The van der Waals surface area contributed by atoms with E-state index in [0.29, 0.717) is 25.2 Å². The van der Waals surface area contributed by atoms with Gasteiger partial charge in [0.15, 0.2) is 0 Å². The highest BCUT2D eigenvalue weighted by Crippen LogP contribution is 2.36. The van der Waals surface area contributed by atoms with E-state index in [1.54, 1.807) is 0 Å². The van der Waals surface area contributed by atoms with E-state index in [0.717, 1.165) is 52.7 Å². The van der Waals surface area contributed by atoms with Gasteiger partial charge in [-0.15, -0.1) is 0 Å². The Balaban J connectivity index is 1.55. The van der Waals surface area contributed by atoms with E-state index in [9.17, 15) is 4.79 Å². The summed E-state index contributed by atoms with van der Waals surface area (Å²) in [6.45, 7) is 4.44. The maximum atomic E-state index is 11.2. The summed E-state index contributed by atoms with van der Waals surface area (Å²) in [6, 6.07) is 24.7. The summed E-state index contributed by atoms with van der Waals surface area (Å²) >= 11 is 0. The molecule has 0 radical (unpaired) electrons. The highest BCUT2D eigenvalue weighted by atomic mass is 16.5. The number of benzene rings is 4. The first kappa shape index (κ1) is 20.5. The van der Waals surface area contributed by atoms with Crippen LogP contribution < -0.4 is 9.47 Å². The molecular formula is C28H27NO3. The van der Waals surface area contributed by atoms with E-state index < -0.39 is 0 Å². The lowest BCUT2D eigenvalue weighted by atomic mass is 9.93. The topological polar surface area (TPSA) is 38.8 Å². The van der Waals surface area contributed by atoms with Gasteiger partial charge in [0.2, 0.25) is 0 Å². The molecule has 0 aromatic heterocycles. The molecule has 4 nitrogen and oxygen atoms in total. The van der Waals surface area contributed by atoms with Crippen molar-refractivity contribution in [2.45, 2.75) is 19.3 Å². The van der Waals surface area contributed by atoms with Crippen molar-refractivity contribution in [1.29, 1.82) is 0 Å². The molecule has 1 aliphatic rings. The second-order valence-corrected chi connectivity index (χ2v) is 8.31. The molecule has 1 aliphatic heterocycles. The third-order valence-electron chi connectivity index (χ3n) is 6.39. The molecule has 1 saturated heterocycles. The van der Waals surface area contributed by atoms with E-state index >= 15 is 0 Å². The van der Waals surface area contributed by atoms with Gasteiger partial charge in [-0.25, -0.2) is 0 Å². The van der Waals surface area contributed by atoms with Crippen LogP contribution in [0.15, 0.2) is 72.8 Å². The number of carbonyl (C=O) groups excluding carboxylic acids is 1. The Labute approximate surface area is 188 Å². The van der Waals surface area contributed by atoms with Crippen LogP contribution in [0.1, 0.15) is 24.0 Å². The molecule has 0 unspecified atom stereocenters. The Hall–Kier alpha value is -3.37. The largest absolute Gasteiger partial charge is 0.492 e. The van der Waals surface area contributed by atoms with Crippen LogP contribution in [0.5, 0.6) is 11.5 Å². The first-order valence-electron chi connectivity index (χ1n) is 11.3. The Morgan fingerprint density at radius 2 is 1.34 bits per heavy atom.